The van der Waals surface area contributed by atoms with Gasteiger partial charge in [-0.05, 0) is 48.9 Å². The zero-order chi connectivity index (χ0) is 27.7. The van der Waals surface area contributed by atoms with Crippen LogP contribution in [-0.4, -0.2) is 38.3 Å². The van der Waals surface area contributed by atoms with E-state index in [2.05, 4.69) is 19.9 Å². The van der Waals surface area contributed by atoms with Crippen LogP contribution in [0.3, 0.4) is 0 Å². The van der Waals surface area contributed by atoms with E-state index in [9.17, 15) is 27.9 Å². The summed E-state index contributed by atoms with van der Waals surface area (Å²) in [5, 5.41) is 19.2. The Morgan fingerprint density at radius 1 is 0.923 bits per heavy atom. The van der Waals surface area contributed by atoms with Crippen molar-refractivity contribution in [1.82, 2.24) is 15.2 Å². The van der Waals surface area contributed by atoms with E-state index in [0.717, 1.165) is 22.6 Å². The Kier molecular flexibility index (Phi) is 6.57. The third kappa shape index (κ3) is 5.19. The van der Waals surface area contributed by atoms with Crippen LogP contribution in [0, 0.1) is 6.92 Å². The highest BCUT2D eigenvalue weighted by Crippen LogP contribution is 2.42. The molecule has 3 heterocycles. The van der Waals surface area contributed by atoms with Crippen molar-refractivity contribution in [3.05, 3.63) is 107 Å². The molecule has 2 aromatic carbocycles. The Hall–Kier alpha value is -5.06. The summed E-state index contributed by atoms with van der Waals surface area (Å²) in [6.45, 7) is 1.69. The number of ketones is 1. The number of aryl methyl sites for hydroxylation is 1. The highest BCUT2D eigenvalue weighted by molar-refractivity contribution is 6.51. The lowest BCUT2D eigenvalue weighted by molar-refractivity contribution is -0.274. The molecule has 4 aromatic rings. The highest BCUT2D eigenvalue weighted by Gasteiger charge is 2.47. The summed E-state index contributed by atoms with van der Waals surface area (Å²) in [5.41, 5.74) is 2.28. The van der Waals surface area contributed by atoms with Crippen LogP contribution < -0.4 is 9.64 Å². The maximum Gasteiger partial charge on any atom is 0.573 e. The molecule has 196 valence electrons. The van der Waals surface area contributed by atoms with Crippen LogP contribution in [0.5, 0.6) is 5.75 Å². The maximum atomic E-state index is 13.3. The van der Waals surface area contributed by atoms with Crippen molar-refractivity contribution in [2.75, 3.05) is 4.90 Å². The molecule has 8 nitrogen and oxygen atoms in total. The first-order chi connectivity index (χ1) is 18.6. The first kappa shape index (κ1) is 25.6. The predicted molar refractivity (Wildman–Crippen MR) is 134 cm³/mol. The number of anilines is 1. The normalized spacial score (nSPS) is 16.9. The number of carbonyl (C=O) groups excluding carboxylic acids is 2. The molecule has 5 rings (SSSR count). The van der Waals surface area contributed by atoms with Gasteiger partial charge in [0.15, 0.2) is 5.82 Å². The number of aliphatic hydroxyl groups excluding tert-OH is 1. The number of Topliss-reactive ketones (excluding diaryl/α,β-unsaturated/α-hetero) is 1. The second kappa shape index (κ2) is 10.0. The molecule has 1 N–H and O–H groups in total. The largest absolute Gasteiger partial charge is 0.573 e. The maximum absolute atomic E-state index is 13.3. The zero-order valence-corrected chi connectivity index (χ0v) is 20.3. The Morgan fingerprint density at radius 3 is 2.23 bits per heavy atom. The van der Waals surface area contributed by atoms with Gasteiger partial charge in [-0.1, -0.05) is 42.5 Å². The molecular formula is C28H19F3N4O4. The number of benzene rings is 2. The number of aromatic nitrogens is 3. The Bertz CT molecular complexity index is 1550. The minimum Gasteiger partial charge on any atom is -0.507 e. The van der Waals surface area contributed by atoms with E-state index in [1.807, 2.05) is 12.1 Å². The Labute approximate surface area is 220 Å². The molecule has 0 aliphatic carbocycles. The van der Waals surface area contributed by atoms with Gasteiger partial charge in [-0.2, -0.15) is 5.10 Å². The van der Waals surface area contributed by atoms with Crippen molar-refractivity contribution in [2.45, 2.75) is 19.3 Å². The number of rotatable bonds is 5. The number of hydrogen-bond donors (Lipinski definition) is 1. The van der Waals surface area contributed by atoms with Crippen molar-refractivity contribution in [3.8, 4) is 17.0 Å². The van der Waals surface area contributed by atoms with E-state index < -0.39 is 35.6 Å². The van der Waals surface area contributed by atoms with Gasteiger partial charge in [-0.15, -0.1) is 18.3 Å². The minimum absolute atomic E-state index is 0.0351. The Morgan fingerprint density at radius 2 is 1.64 bits per heavy atom. The van der Waals surface area contributed by atoms with Gasteiger partial charge in [-0.3, -0.25) is 19.5 Å². The van der Waals surface area contributed by atoms with Gasteiger partial charge in [0.2, 0.25) is 0 Å². The fourth-order valence-electron chi connectivity index (χ4n) is 4.24. The lowest BCUT2D eigenvalue weighted by atomic mass is 9.94. The molecule has 0 bridgehead atoms. The van der Waals surface area contributed by atoms with Gasteiger partial charge in [0, 0.05) is 17.3 Å². The zero-order valence-electron chi connectivity index (χ0n) is 20.3. The van der Waals surface area contributed by atoms with Gasteiger partial charge >= 0.3 is 12.3 Å². The third-order valence-electron chi connectivity index (χ3n) is 6.02. The third-order valence-corrected chi connectivity index (χ3v) is 6.02. The first-order valence-corrected chi connectivity index (χ1v) is 11.6. The fraction of sp³-hybridized carbons (Fsp3) is 0.107. The first-order valence-electron chi connectivity index (χ1n) is 11.6. The smallest absolute Gasteiger partial charge is 0.507 e. The van der Waals surface area contributed by atoms with E-state index >= 15 is 0 Å². The van der Waals surface area contributed by atoms with Crippen LogP contribution in [0.1, 0.15) is 22.9 Å². The average Bonchev–Trinajstić information content (AvgIpc) is 3.19. The van der Waals surface area contributed by atoms with Crippen molar-refractivity contribution < 1.29 is 32.6 Å². The molecule has 1 fully saturated rings. The number of pyridine rings is 1. The lowest BCUT2D eigenvalue weighted by Gasteiger charge is -2.24. The van der Waals surface area contributed by atoms with Gasteiger partial charge in [0.05, 0.1) is 23.0 Å². The van der Waals surface area contributed by atoms with Crippen molar-refractivity contribution in [2.24, 2.45) is 0 Å². The van der Waals surface area contributed by atoms with Gasteiger partial charge in [-0.25, -0.2) is 0 Å². The minimum atomic E-state index is -4.89. The number of aliphatic hydroxyl groups is 1. The molecule has 0 radical (unpaired) electrons. The summed E-state index contributed by atoms with van der Waals surface area (Å²) in [7, 11) is 0. The van der Waals surface area contributed by atoms with Crippen LogP contribution in [0.2, 0.25) is 0 Å². The van der Waals surface area contributed by atoms with E-state index in [1.54, 1.807) is 49.5 Å². The van der Waals surface area contributed by atoms with E-state index in [4.69, 9.17) is 0 Å². The molecule has 11 heteroatoms. The number of nitrogens with zero attached hydrogens (tertiary/aromatic N) is 4. The molecule has 0 spiro atoms. The number of alkyl halides is 3. The molecule has 39 heavy (non-hydrogen) atoms. The quantitative estimate of drug-likeness (QED) is 0.209. The Balaban J connectivity index is 1.61. The average molecular weight is 532 g/mol. The number of ether oxygens (including phenoxy) is 1. The van der Waals surface area contributed by atoms with Crippen LogP contribution >= 0.6 is 0 Å². The molecule has 2 aromatic heterocycles. The molecule has 1 aliphatic rings. The topological polar surface area (TPSA) is 106 Å². The van der Waals surface area contributed by atoms with Crippen LogP contribution in [0.25, 0.3) is 17.0 Å². The molecule has 1 aliphatic heterocycles. The summed E-state index contributed by atoms with van der Waals surface area (Å²) in [6.07, 6.45) is -3.25. The lowest BCUT2D eigenvalue weighted by Crippen LogP contribution is -2.30. The summed E-state index contributed by atoms with van der Waals surface area (Å²) in [4.78, 5) is 31.8. The molecular weight excluding hydrogens is 513 g/mol. The number of carbonyl (C=O) groups is 2. The molecule has 1 atom stereocenters. The van der Waals surface area contributed by atoms with E-state index in [0.29, 0.717) is 11.4 Å². The second-order valence-corrected chi connectivity index (χ2v) is 8.61. The monoisotopic (exact) mass is 532 g/mol. The SMILES string of the molecule is Cc1ccc(N2C(=O)C(=O)C(=C(O)c3ccc(-c4ccccn4)cc3)C2c2ccc(OC(F)(F)F)cc2)nn1. The number of hydrogen-bond acceptors (Lipinski definition) is 7. The predicted octanol–water partition coefficient (Wildman–Crippen LogP) is 5.37. The summed E-state index contributed by atoms with van der Waals surface area (Å²) < 4.78 is 42.0. The molecule has 1 saturated heterocycles. The molecule has 1 unspecified atom stereocenters. The standard InChI is InChI=1S/C28H19F3N4O4/c1-16-5-14-22(34-33-16)35-24(18-10-12-20(13-11-18)39-28(29,30)31)23(26(37)27(35)38)25(36)19-8-6-17(7-9-19)21-4-2-3-15-32-21/h2-15,24,36H,1H3. The molecule has 1 amide bonds. The van der Waals surface area contributed by atoms with Crippen LogP contribution in [-0.2, 0) is 9.59 Å². The van der Waals surface area contributed by atoms with Crippen molar-refractivity contribution in [1.29, 1.82) is 0 Å². The summed E-state index contributed by atoms with van der Waals surface area (Å²) in [6, 6.07) is 18.6. The van der Waals surface area contributed by atoms with E-state index in [-0.39, 0.29) is 22.5 Å². The van der Waals surface area contributed by atoms with Crippen LogP contribution in [0.4, 0.5) is 19.0 Å². The number of halogens is 3. The van der Waals surface area contributed by atoms with Crippen molar-refractivity contribution >= 4 is 23.3 Å². The summed E-state index contributed by atoms with van der Waals surface area (Å²) in [5.74, 6) is -2.86. The van der Waals surface area contributed by atoms with Gasteiger partial charge < -0.3 is 9.84 Å². The van der Waals surface area contributed by atoms with Gasteiger partial charge in [0.1, 0.15) is 11.5 Å². The number of amides is 1. The summed E-state index contributed by atoms with van der Waals surface area (Å²) >= 11 is 0. The van der Waals surface area contributed by atoms with Crippen molar-refractivity contribution in [3.63, 3.8) is 0 Å². The van der Waals surface area contributed by atoms with E-state index in [1.165, 1.54) is 18.2 Å². The van der Waals surface area contributed by atoms with Gasteiger partial charge in [0.25, 0.3) is 5.78 Å². The van der Waals surface area contributed by atoms with Crippen LogP contribution in [0.15, 0.2) is 90.6 Å². The second-order valence-electron chi connectivity index (χ2n) is 8.61. The fourth-order valence-corrected chi connectivity index (χ4v) is 4.24. The highest BCUT2D eigenvalue weighted by atomic mass is 19.4. The molecule has 0 saturated carbocycles.